The number of phenols is 2. The third-order valence-corrected chi connectivity index (χ3v) is 4.10. The number of hydrogen-bond donors (Lipinski definition) is 2. The summed E-state index contributed by atoms with van der Waals surface area (Å²) in [6, 6.07) is 9.03. The highest BCUT2D eigenvalue weighted by Gasteiger charge is 2.22. The SMILES string of the molecule is CCCN(Cc1ccccc1F)C(=O)c1cc(C(C)C)c(O)cc1O. The Bertz CT molecular complexity index is 759. The minimum atomic E-state index is -0.385. The molecular weight excluding hydrogens is 321 g/mol. The van der Waals surface area contributed by atoms with Gasteiger partial charge in [0.2, 0.25) is 0 Å². The molecule has 2 rings (SSSR count). The van der Waals surface area contributed by atoms with Gasteiger partial charge in [0, 0.05) is 24.7 Å². The summed E-state index contributed by atoms with van der Waals surface area (Å²) in [5.41, 5.74) is 1.13. The smallest absolute Gasteiger partial charge is 0.257 e. The number of nitrogens with zero attached hydrogens (tertiary/aromatic N) is 1. The van der Waals surface area contributed by atoms with E-state index in [9.17, 15) is 19.4 Å². The number of rotatable bonds is 6. The van der Waals surface area contributed by atoms with Gasteiger partial charge in [0.05, 0.1) is 5.56 Å². The minimum absolute atomic E-state index is 0.00153. The molecule has 5 heteroatoms. The number of hydrogen-bond acceptors (Lipinski definition) is 3. The van der Waals surface area contributed by atoms with Crippen molar-refractivity contribution in [1.82, 2.24) is 4.90 Å². The molecule has 0 heterocycles. The van der Waals surface area contributed by atoms with Gasteiger partial charge in [-0.3, -0.25) is 4.79 Å². The predicted octanol–water partition coefficient (Wildman–Crippen LogP) is 4.41. The van der Waals surface area contributed by atoms with Crippen molar-refractivity contribution < 1.29 is 19.4 Å². The van der Waals surface area contributed by atoms with Gasteiger partial charge in [0.15, 0.2) is 0 Å². The van der Waals surface area contributed by atoms with Crippen LogP contribution in [0.15, 0.2) is 36.4 Å². The fourth-order valence-corrected chi connectivity index (χ4v) is 2.75. The molecule has 2 aromatic carbocycles. The van der Waals surface area contributed by atoms with E-state index in [-0.39, 0.29) is 41.2 Å². The number of amides is 1. The number of benzene rings is 2. The molecule has 0 unspecified atom stereocenters. The van der Waals surface area contributed by atoms with E-state index in [2.05, 4.69) is 0 Å². The lowest BCUT2D eigenvalue weighted by atomic mass is 9.98. The molecule has 0 atom stereocenters. The molecule has 0 saturated heterocycles. The average molecular weight is 345 g/mol. The van der Waals surface area contributed by atoms with Crippen LogP contribution in [-0.4, -0.2) is 27.6 Å². The summed E-state index contributed by atoms with van der Waals surface area (Å²) in [6.45, 7) is 6.27. The molecule has 4 nitrogen and oxygen atoms in total. The molecule has 2 aromatic rings. The summed E-state index contributed by atoms with van der Waals surface area (Å²) in [7, 11) is 0. The normalized spacial score (nSPS) is 10.9. The summed E-state index contributed by atoms with van der Waals surface area (Å²) in [5.74, 6) is -1.07. The van der Waals surface area contributed by atoms with Crippen molar-refractivity contribution in [3.8, 4) is 11.5 Å². The average Bonchev–Trinajstić information content (AvgIpc) is 2.55. The minimum Gasteiger partial charge on any atom is -0.508 e. The zero-order valence-corrected chi connectivity index (χ0v) is 14.8. The van der Waals surface area contributed by atoms with Crippen LogP contribution >= 0.6 is 0 Å². The largest absolute Gasteiger partial charge is 0.508 e. The third kappa shape index (κ3) is 4.29. The second-order valence-electron chi connectivity index (χ2n) is 6.40. The van der Waals surface area contributed by atoms with Crippen LogP contribution in [0.4, 0.5) is 4.39 Å². The second kappa shape index (κ2) is 8.01. The van der Waals surface area contributed by atoms with Gasteiger partial charge in [-0.25, -0.2) is 4.39 Å². The van der Waals surface area contributed by atoms with Gasteiger partial charge >= 0.3 is 0 Å². The Labute approximate surface area is 147 Å². The highest BCUT2D eigenvalue weighted by Crippen LogP contribution is 2.33. The highest BCUT2D eigenvalue weighted by molar-refractivity contribution is 5.97. The van der Waals surface area contributed by atoms with E-state index in [0.29, 0.717) is 24.1 Å². The molecule has 0 saturated carbocycles. The van der Waals surface area contributed by atoms with E-state index in [4.69, 9.17) is 0 Å². The Kier molecular flexibility index (Phi) is 6.02. The van der Waals surface area contributed by atoms with Crippen molar-refractivity contribution >= 4 is 5.91 Å². The molecule has 0 fully saturated rings. The fourth-order valence-electron chi connectivity index (χ4n) is 2.75. The first-order chi connectivity index (χ1) is 11.8. The molecule has 0 bridgehead atoms. The van der Waals surface area contributed by atoms with Gasteiger partial charge in [-0.15, -0.1) is 0 Å². The Morgan fingerprint density at radius 1 is 1.16 bits per heavy atom. The molecule has 0 aliphatic heterocycles. The number of carbonyl (C=O) groups is 1. The van der Waals surface area contributed by atoms with Crippen LogP contribution in [0.1, 0.15) is 54.6 Å². The second-order valence-corrected chi connectivity index (χ2v) is 6.40. The van der Waals surface area contributed by atoms with Gasteiger partial charge in [0.1, 0.15) is 17.3 Å². The lowest BCUT2D eigenvalue weighted by Gasteiger charge is -2.24. The van der Waals surface area contributed by atoms with Gasteiger partial charge in [-0.05, 0) is 30.0 Å². The zero-order valence-electron chi connectivity index (χ0n) is 14.8. The maximum Gasteiger partial charge on any atom is 0.257 e. The van der Waals surface area contributed by atoms with Gasteiger partial charge in [-0.1, -0.05) is 39.0 Å². The molecule has 25 heavy (non-hydrogen) atoms. The van der Waals surface area contributed by atoms with Crippen molar-refractivity contribution in [3.63, 3.8) is 0 Å². The van der Waals surface area contributed by atoms with Crippen LogP contribution in [0.5, 0.6) is 11.5 Å². The monoisotopic (exact) mass is 345 g/mol. The van der Waals surface area contributed by atoms with Crippen molar-refractivity contribution in [2.45, 2.75) is 39.7 Å². The number of halogens is 1. The first-order valence-corrected chi connectivity index (χ1v) is 8.43. The molecule has 1 amide bonds. The van der Waals surface area contributed by atoms with Gasteiger partial charge in [-0.2, -0.15) is 0 Å². The van der Waals surface area contributed by atoms with Crippen LogP contribution in [0.25, 0.3) is 0 Å². The number of aromatic hydroxyl groups is 2. The Morgan fingerprint density at radius 3 is 2.44 bits per heavy atom. The summed E-state index contributed by atoms with van der Waals surface area (Å²) in [6.07, 6.45) is 0.704. The van der Waals surface area contributed by atoms with Crippen molar-refractivity contribution in [2.75, 3.05) is 6.54 Å². The van der Waals surface area contributed by atoms with Crippen molar-refractivity contribution in [2.24, 2.45) is 0 Å². The summed E-state index contributed by atoms with van der Waals surface area (Å²) in [5, 5.41) is 20.1. The maximum atomic E-state index is 13.9. The summed E-state index contributed by atoms with van der Waals surface area (Å²) >= 11 is 0. The molecule has 0 aliphatic carbocycles. The van der Waals surface area contributed by atoms with E-state index in [1.807, 2.05) is 20.8 Å². The topological polar surface area (TPSA) is 60.8 Å². The maximum absolute atomic E-state index is 13.9. The van der Waals surface area contributed by atoms with Crippen molar-refractivity contribution in [3.05, 3.63) is 58.9 Å². The van der Waals surface area contributed by atoms with E-state index in [0.717, 1.165) is 0 Å². The highest BCUT2D eigenvalue weighted by atomic mass is 19.1. The molecule has 134 valence electrons. The summed E-state index contributed by atoms with van der Waals surface area (Å²) < 4.78 is 13.9. The summed E-state index contributed by atoms with van der Waals surface area (Å²) in [4.78, 5) is 14.4. The number of carbonyl (C=O) groups excluding carboxylic acids is 1. The lowest BCUT2D eigenvalue weighted by molar-refractivity contribution is 0.0738. The van der Waals surface area contributed by atoms with E-state index >= 15 is 0 Å². The van der Waals surface area contributed by atoms with E-state index in [1.54, 1.807) is 18.2 Å². The Morgan fingerprint density at radius 2 is 1.84 bits per heavy atom. The number of phenolic OH excluding ortho intramolecular Hbond substituents is 2. The van der Waals surface area contributed by atoms with E-state index in [1.165, 1.54) is 23.1 Å². The van der Waals surface area contributed by atoms with Gasteiger partial charge < -0.3 is 15.1 Å². The molecule has 2 N–H and O–H groups in total. The van der Waals surface area contributed by atoms with Crippen LogP contribution in [0.2, 0.25) is 0 Å². The molecule has 0 spiro atoms. The molecule has 0 aromatic heterocycles. The molecular formula is C20H24FNO3. The standard InChI is InChI=1S/C20H24FNO3/c1-4-9-22(12-14-7-5-6-8-17(14)21)20(25)16-10-15(13(2)3)18(23)11-19(16)24/h5-8,10-11,13,23-24H,4,9,12H2,1-3H3. The van der Waals surface area contributed by atoms with Crippen molar-refractivity contribution in [1.29, 1.82) is 0 Å². The van der Waals surface area contributed by atoms with Crippen LogP contribution in [-0.2, 0) is 6.54 Å². The zero-order chi connectivity index (χ0) is 18.6. The quantitative estimate of drug-likeness (QED) is 0.815. The third-order valence-electron chi connectivity index (χ3n) is 4.10. The Balaban J connectivity index is 2.37. The first-order valence-electron chi connectivity index (χ1n) is 8.43. The van der Waals surface area contributed by atoms with E-state index < -0.39 is 0 Å². The fraction of sp³-hybridized carbons (Fsp3) is 0.350. The predicted molar refractivity (Wildman–Crippen MR) is 95.3 cm³/mol. The van der Waals surface area contributed by atoms with Crippen LogP contribution < -0.4 is 0 Å². The first kappa shape index (κ1) is 18.8. The lowest BCUT2D eigenvalue weighted by Crippen LogP contribution is -2.31. The Hall–Kier alpha value is -2.56. The van der Waals surface area contributed by atoms with Crippen LogP contribution in [0.3, 0.4) is 0 Å². The van der Waals surface area contributed by atoms with Gasteiger partial charge in [0.25, 0.3) is 5.91 Å². The van der Waals surface area contributed by atoms with Crippen LogP contribution in [0, 0.1) is 5.82 Å². The molecule has 0 aliphatic rings. The molecule has 0 radical (unpaired) electrons.